The Morgan fingerprint density at radius 3 is 2.39 bits per heavy atom. The first-order chi connectivity index (χ1) is 15.0. The molecule has 4 rings (SSSR count). The number of nitrogens with zero attached hydrogens (tertiary/aromatic N) is 1. The Bertz CT molecular complexity index is 994. The molecule has 0 spiro atoms. The zero-order chi connectivity index (χ0) is 22.0. The quantitative estimate of drug-likeness (QED) is 0.601. The van der Waals surface area contributed by atoms with Crippen molar-refractivity contribution in [2.45, 2.75) is 25.7 Å². The van der Waals surface area contributed by atoms with E-state index in [9.17, 15) is 4.79 Å². The zero-order valence-corrected chi connectivity index (χ0v) is 18.5. The number of amides is 1. The number of carbonyl (C=O) groups excluding carboxylic acids is 1. The van der Waals surface area contributed by atoms with E-state index in [1.807, 2.05) is 29.2 Å². The predicted molar refractivity (Wildman–Crippen MR) is 120 cm³/mol. The average Bonchev–Trinajstić information content (AvgIpc) is 3.35. The predicted octanol–water partition coefficient (Wildman–Crippen LogP) is 4.76. The minimum Gasteiger partial charge on any atom is -0.496 e. The van der Waals surface area contributed by atoms with E-state index in [0.29, 0.717) is 48.6 Å². The van der Waals surface area contributed by atoms with E-state index in [-0.39, 0.29) is 5.91 Å². The van der Waals surface area contributed by atoms with Crippen LogP contribution in [-0.4, -0.2) is 45.2 Å². The van der Waals surface area contributed by atoms with Crippen molar-refractivity contribution in [1.29, 1.82) is 0 Å². The minimum absolute atomic E-state index is 0.0262. The number of rotatable bonds is 7. The summed E-state index contributed by atoms with van der Waals surface area (Å²) in [4.78, 5) is 14.5. The van der Waals surface area contributed by atoms with Gasteiger partial charge in [-0.3, -0.25) is 4.79 Å². The van der Waals surface area contributed by atoms with Crippen LogP contribution in [0.15, 0.2) is 40.8 Å². The maximum absolute atomic E-state index is 12.7. The smallest absolute Gasteiger partial charge is 0.246 e. The number of benzene rings is 1. The summed E-state index contributed by atoms with van der Waals surface area (Å²) in [5.41, 5.74) is 2.00. The van der Waals surface area contributed by atoms with Crippen LogP contribution >= 0.6 is 0 Å². The molecule has 0 bridgehead atoms. The van der Waals surface area contributed by atoms with E-state index in [4.69, 9.17) is 18.6 Å². The van der Waals surface area contributed by atoms with E-state index in [1.54, 1.807) is 33.5 Å². The van der Waals surface area contributed by atoms with Gasteiger partial charge in [-0.1, -0.05) is 13.0 Å². The van der Waals surface area contributed by atoms with E-state index in [2.05, 4.69) is 13.0 Å². The summed E-state index contributed by atoms with van der Waals surface area (Å²) in [5, 5.41) is 0. The van der Waals surface area contributed by atoms with Crippen LogP contribution < -0.4 is 14.2 Å². The molecule has 1 aliphatic carbocycles. The summed E-state index contributed by atoms with van der Waals surface area (Å²) >= 11 is 0. The van der Waals surface area contributed by atoms with Crippen LogP contribution in [0.4, 0.5) is 0 Å². The van der Waals surface area contributed by atoms with Gasteiger partial charge in [-0.05, 0) is 42.5 Å². The lowest BCUT2D eigenvalue weighted by atomic mass is 9.97. The van der Waals surface area contributed by atoms with E-state index >= 15 is 0 Å². The van der Waals surface area contributed by atoms with Crippen molar-refractivity contribution in [1.82, 2.24) is 4.90 Å². The summed E-state index contributed by atoms with van der Waals surface area (Å²) in [6.45, 7) is 3.37. The molecule has 0 saturated heterocycles. The van der Waals surface area contributed by atoms with Gasteiger partial charge in [-0.2, -0.15) is 0 Å². The largest absolute Gasteiger partial charge is 0.496 e. The number of ether oxygens (including phenoxy) is 3. The first-order valence-corrected chi connectivity index (χ1v) is 10.6. The molecular formula is C25H29NO5. The molecule has 1 saturated carbocycles. The van der Waals surface area contributed by atoms with Crippen molar-refractivity contribution in [3.63, 3.8) is 0 Å². The fourth-order valence-corrected chi connectivity index (χ4v) is 4.05. The van der Waals surface area contributed by atoms with Gasteiger partial charge < -0.3 is 23.5 Å². The Balaban J connectivity index is 1.44. The number of hydrogen-bond acceptors (Lipinski definition) is 5. The van der Waals surface area contributed by atoms with Gasteiger partial charge in [0.25, 0.3) is 0 Å². The third-order valence-corrected chi connectivity index (χ3v) is 6.07. The molecule has 1 aliphatic heterocycles. The zero-order valence-electron chi connectivity index (χ0n) is 18.5. The molecular weight excluding hydrogens is 394 g/mol. The first kappa shape index (κ1) is 21.1. The van der Waals surface area contributed by atoms with Gasteiger partial charge in [0.2, 0.25) is 5.91 Å². The molecule has 2 unspecified atom stereocenters. The molecule has 2 aromatic rings. The van der Waals surface area contributed by atoms with E-state index in [0.717, 1.165) is 22.7 Å². The number of hydrogen-bond donors (Lipinski definition) is 0. The van der Waals surface area contributed by atoms with Crippen LogP contribution in [-0.2, 0) is 4.79 Å². The Kier molecular flexibility index (Phi) is 6.07. The lowest BCUT2D eigenvalue weighted by Gasteiger charge is -2.27. The molecule has 1 aromatic heterocycles. The monoisotopic (exact) mass is 423 g/mol. The molecule has 6 heteroatoms. The van der Waals surface area contributed by atoms with Gasteiger partial charge in [0.1, 0.15) is 28.8 Å². The van der Waals surface area contributed by atoms with Gasteiger partial charge >= 0.3 is 0 Å². The van der Waals surface area contributed by atoms with Crippen molar-refractivity contribution in [2.75, 3.05) is 34.4 Å². The number of methoxy groups -OCH3 is 3. The van der Waals surface area contributed by atoms with Gasteiger partial charge in [0.05, 0.1) is 26.9 Å². The molecule has 0 N–H and O–H groups in total. The Hall–Kier alpha value is -3.15. The molecule has 1 fully saturated rings. The van der Waals surface area contributed by atoms with Crippen LogP contribution in [0.3, 0.4) is 0 Å². The van der Waals surface area contributed by atoms with Crippen LogP contribution in [0.25, 0.3) is 11.6 Å². The highest BCUT2D eigenvalue weighted by Crippen LogP contribution is 2.47. The molecule has 1 aromatic carbocycles. The first-order valence-electron chi connectivity index (χ1n) is 10.6. The van der Waals surface area contributed by atoms with Crippen molar-refractivity contribution in [3.8, 4) is 17.2 Å². The third-order valence-electron chi connectivity index (χ3n) is 6.07. The molecule has 2 heterocycles. The van der Waals surface area contributed by atoms with Crippen molar-refractivity contribution < 1.29 is 23.4 Å². The minimum atomic E-state index is -0.0262. The van der Waals surface area contributed by atoms with E-state index < -0.39 is 0 Å². The van der Waals surface area contributed by atoms with Crippen molar-refractivity contribution in [2.24, 2.45) is 5.92 Å². The Labute approximate surface area is 183 Å². The second-order valence-electron chi connectivity index (χ2n) is 8.06. The van der Waals surface area contributed by atoms with Crippen LogP contribution in [0.5, 0.6) is 17.2 Å². The summed E-state index contributed by atoms with van der Waals surface area (Å²) in [5.74, 6) is 5.02. The highest BCUT2D eigenvalue weighted by molar-refractivity contribution is 5.92. The summed E-state index contributed by atoms with van der Waals surface area (Å²) in [7, 11) is 4.87. The third kappa shape index (κ3) is 4.48. The highest BCUT2D eigenvalue weighted by atomic mass is 16.5. The fraction of sp³-hybridized carbons (Fsp3) is 0.400. The van der Waals surface area contributed by atoms with Crippen LogP contribution in [0.1, 0.15) is 42.8 Å². The second kappa shape index (κ2) is 8.92. The van der Waals surface area contributed by atoms with Crippen molar-refractivity contribution >= 4 is 17.6 Å². The van der Waals surface area contributed by atoms with Gasteiger partial charge in [-0.25, -0.2) is 0 Å². The van der Waals surface area contributed by atoms with Gasteiger partial charge in [0.15, 0.2) is 0 Å². The normalized spacial score (nSPS) is 20.5. The van der Waals surface area contributed by atoms with Gasteiger partial charge in [0, 0.05) is 37.2 Å². The van der Waals surface area contributed by atoms with Crippen LogP contribution in [0.2, 0.25) is 0 Å². The molecule has 2 aliphatic rings. The van der Waals surface area contributed by atoms with E-state index in [1.165, 1.54) is 6.42 Å². The Morgan fingerprint density at radius 1 is 1.13 bits per heavy atom. The molecule has 31 heavy (non-hydrogen) atoms. The number of furan rings is 1. The standard InChI is InChI=1S/C25H29NO5/c1-16-13-20(16)21-7-5-18(31-21)6-8-24(27)26-11-9-17(10-12-26)25-22(29-3)14-19(28-2)15-23(25)30-4/h5-9,14-16,20H,10-13H2,1-4H3/b8-6+. The van der Waals surface area contributed by atoms with Gasteiger partial charge in [-0.15, -0.1) is 0 Å². The lowest BCUT2D eigenvalue weighted by Crippen LogP contribution is -2.33. The molecule has 0 radical (unpaired) electrons. The maximum atomic E-state index is 12.7. The molecule has 1 amide bonds. The molecule has 2 atom stereocenters. The topological polar surface area (TPSA) is 61.1 Å². The summed E-state index contributed by atoms with van der Waals surface area (Å²) < 4.78 is 22.3. The highest BCUT2D eigenvalue weighted by Gasteiger charge is 2.36. The summed E-state index contributed by atoms with van der Waals surface area (Å²) in [6, 6.07) is 7.64. The second-order valence-corrected chi connectivity index (χ2v) is 8.06. The van der Waals surface area contributed by atoms with Crippen molar-refractivity contribution in [3.05, 3.63) is 53.5 Å². The Morgan fingerprint density at radius 2 is 1.84 bits per heavy atom. The fourth-order valence-electron chi connectivity index (χ4n) is 4.05. The summed E-state index contributed by atoms with van der Waals surface area (Å²) in [6.07, 6.45) is 7.30. The molecule has 164 valence electrons. The maximum Gasteiger partial charge on any atom is 0.246 e. The SMILES string of the molecule is COc1cc(OC)c(C2=CCN(C(=O)/C=C/c3ccc(C4CC4C)o3)CC2)c(OC)c1. The lowest BCUT2D eigenvalue weighted by molar-refractivity contribution is -0.125. The molecule has 6 nitrogen and oxygen atoms in total. The average molecular weight is 424 g/mol. The number of carbonyl (C=O) groups is 1. The van der Waals surface area contributed by atoms with Crippen LogP contribution in [0, 0.1) is 5.92 Å².